The third kappa shape index (κ3) is 6.22. The Morgan fingerprint density at radius 1 is 1.05 bits per heavy atom. The Morgan fingerprint density at radius 3 is 2.11 bits per heavy atom. The lowest BCUT2D eigenvalue weighted by molar-refractivity contribution is 0.246. The summed E-state index contributed by atoms with van der Waals surface area (Å²) in [5.41, 5.74) is 2.79. The first kappa shape index (κ1) is 16.2. The summed E-state index contributed by atoms with van der Waals surface area (Å²) < 4.78 is 0. The summed E-state index contributed by atoms with van der Waals surface area (Å²) in [4.78, 5) is 2.33. The molecule has 1 rings (SSSR count). The van der Waals surface area contributed by atoms with E-state index in [1.54, 1.807) is 0 Å². The summed E-state index contributed by atoms with van der Waals surface area (Å²) in [7, 11) is 4.34. The van der Waals surface area contributed by atoms with Gasteiger partial charge in [-0.2, -0.15) is 0 Å². The maximum Gasteiger partial charge on any atom is 0.0217 e. The van der Waals surface area contributed by atoms with Gasteiger partial charge in [-0.3, -0.25) is 0 Å². The summed E-state index contributed by atoms with van der Waals surface area (Å²) in [6.45, 7) is 8.80. The maximum absolute atomic E-state index is 3.58. The second kappa shape index (κ2) is 8.34. The molecule has 1 atom stereocenters. The van der Waals surface area contributed by atoms with Crippen LogP contribution in [0.15, 0.2) is 24.3 Å². The quantitative estimate of drug-likeness (QED) is 0.773. The van der Waals surface area contributed by atoms with Crippen molar-refractivity contribution in [2.45, 2.75) is 46.2 Å². The van der Waals surface area contributed by atoms with Crippen LogP contribution < -0.4 is 5.32 Å². The second-order valence-corrected chi connectivity index (χ2v) is 6.05. The van der Waals surface area contributed by atoms with E-state index in [4.69, 9.17) is 0 Å². The van der Waals surface area contributed by atoms with E-state index >= 15 is 0 Å². The van der Waals surface area contributed by atoms with E-state index in [0.29, 0.717) is 6.04 Å². The number of nitrogens with one attached hydrogen (secondary N) is 1. The van der Waals surface area contributed by atoms with E-state index in [1.807, 2.05) is 0 Å². The highest BCUT2D eigenvalue weighted by atomic mass is 15.1. The van der Waals surface area contributed by atoms with Crippen molar-refractivity contribution in [3.63, 3.8) is 0 Å². The molecular formula is C17H30N2. The van der Waals surface area contributed by atoms with E-state index in [2.05, 4.69) is 69.3 Å². The molecule has 0 aliphatic rings. The van der Waals surface area contributed by atoms with Gasteiger partial charge in [0.1, 0.15) is 0 Å². The zero-order valence-electron chi connectivity index (χ0n) is 13.2. The first-order valence-electron chi connectivity index (χ1n) is 7.47. The number of hydrogen-bond donors (Lipinski definition) is 1. The number of rotatable bonds is 8. The Morgan fingerprint density at radius 2 is 1.63 bits per heavy atom. The molecule has 0 aliphatic carbocycles. The molecule has 2 nitrogen and oxygen atoms in total. The van der Waals surface area contributed by atoms with Crippen molar-refractivity contribution < 1.29 is 0 Å². The Hall–Kier alpha value is -0.860. The lowest BCUT2D eigenvalue weighted by Gasteiger charge is -2.26. The molecule has 0 saturated carbocycles. The Balaban J connectivity index is 2.38. The van der Waals surface area contributed by atoms with Crippen LogP contribution in [0, 0.1) is 5.92 Å². The molecule has 2 heteroatoms. The van der Waals surface area contributed by atoms with Gasteiger partial charge in [-0.25, -0.2) is 0 Å². The maximum atomic E-state index is 3.58. The van der Waals surface area contributed by atoms with Crippen LogP contribution in [0.2, 0.25) is 0 Å². The SMILES string of the molecule is CCc1ccc(CNCC(CC(C)C)N(C)C)cc1. The Kier molecular flexibility index (Phi) is 7.11. The molecule has 0 saturated heterocycles. The van der Waals surface area contributed by atoms with Crippen molar-refractivity contribution in [1.29, 1.82) is 0 Å². The summed E-state index contributed by atoms with van der Waals surface area (Å²) in [5, 5.41) is 3.58. The van der Waals surface area contributed by atoms with E-state index in [1.165, 1.54) is 17.5 Å². The molecule has 108 valence electrons. The Labute approximate surface area is 119 Å². The van der Waals surface area contributed by atoms with Gasteiger partial charge in [0.25, 0.3) is 0 Å². The van der Waals surface area contributed by atoms with Crippen LogP contribution in [0.4, 0.5) is 0 Å². The summed E-state index contributed by atoms with van der Waals surface area (Å²) in [6.07, 6.45) is 2.36. The van der Waals surface area contributed by atoms with E-state index in [-0.39, 0.29) is 0 Å². The average molecular weight is 262 g/mol. The highest BCUT2D eigenvalue weighted by Gasteiger charge is 2.12. The molecule has 19 heavy (non-hydrogen) atoms. The fourth-order valence-corrected chi connectivity index (χ4v) is 2.30. The van der Waals surface area contributed by atoms with Crippen LogP contribution >= 0.6 is 0 Å². The first-order chi connectivity index (χ1) is 9.02. The van der Waals surface area contributed by atoms with Crippen LogP contribution in [0.1, 0.15) is 38.3 Å². The molecule has 0 amide bonds. The molecule has 0 radical (unpaired) electrons. The fourth-order valence-electron chi connectivity index (χ4n) is 2.30. The van der Waals surface area contributed by atoms with Crippen molar-refractivity contribution in [3.05, 3.63) is 35.4 Å². The number of nitrogens with zero attached hydrogens (tertiary/aromatic N) is 1. The fraction of sp³-hybridized carbons (Fsp3) is 0.647. The molecule has 0 aliphatic heterocycles. The zero-order chi connectivity index (χ0) is 14.3. The lowest BCUT2D eigenvalue weighted by atomic mass is 10.0. The molecule has 0 aromatic heterocycles. The van der Waals surface area contributed by atoms with Crippen LogP contribution in [0.5, 0.6) is 0 Å². The topological polar surface area (TPSA) is 15.3 Å². The van der Waals surface area contributed by atoms with Crippen LogP contribution in [0.25, 0.3) is 0 Å². The monoisotopic (exact) mass is 262 g/mol. The van der Waals surface area contributed by atoms with Crippen molar-refractivity contribution >= 4 is 0 Å². The third-order valence-electron chi connectivity index (χ3n) is 3.61. The van der Waals surface area contributed by atoms with Gasteiger partial charge in [0.15, 0.2) is 0 Å². The van der Waals surface area contributed by atoms with Gasteiger partial charge >= 0.3 is 0 Å². The van der Waals surface area contributed by atoms with Gasteiger partial charge in [-0.1, -0.05) is 45.0 Å². The minimum absolute atomic E-state index is 0.620. The average Bonchev–Trinajstić information content (AvgIpc) is 2.37. The van der Waals surface area contributed by atoms with Gasteiger partial charge < -0.3 is 10.2 Å². The van der Waals surface area contributed by atoms with Crippen LogP contribution in [-0.2, 0) is 13.0 Å². The molecule has 0 bridgehead atoms. The van der Waals surface area contributed by atoms with Crippen molar-refractivity contribution in [2.24, 2.45) is 5.92 Å². The first-order valence-corrected chi connectivity index (χ1v) is 7.47. The van der Waals surface area contributed by atoms with Crippen molar-refractivity contribution in [1.82, 2.24) is 10.2 Å². The standard InChI is InChI=1S/C17H30N2/c1-6-15-7-9-16(10-8-15)12-18-13-17(19(4)5)11-14(2)3/h7-10,14,17-18H,6,11-13H2,1-5H3. The predicted octanol–water partition coefficient (Wildman–Crippen LogP) is 3.31. The molecule has 1 aromatic carbocycles. The Bertz CT molecular complexity index is 341. The molecule has 0 fully saturated rings. The molecule has 0 spiro atoms. The van der Waals surface area contributed by atoms with Gasteiger partial charge in [-0.15, -0.1) is 0 Å². The minimum atomic E-state index is 0.620. The molecular weight excluding hydrogens is 232 g/mol. The van der Waals surface area contributed by atoms with E-state index in [0.717, 1.165) is 25.4 Å². The third-order valence-corrected chi connectivity index (χ3v) is 3.61. The van der Waals surface area contributed by atoms with E-state index in [9.17, 15) is 0 Å². The number of likely N-dealkylation sites (N-methyl/N-ethyl adjacent to an activating group) is 1. The normalized spacial score (nSPS) is 13.2. The van der Waals surface area contributed by atoms with Gasteiger partial charge in [0.2, 0.25) is 0 Å². The summed E-state index contributed by atoms with van der Waals surface area (Å²) in [5.74, 6) is 0.748. The summed E-state index contributed by atoms with van der Waals surface area (Å²) in [6, 6.07) is 9.55. The highest BCUT2D eigenvalue weighted by molar-refractivity contribution is 5.22. The van der Waals surface area contributed by atoms with Crippen LogP contribution in [0.3, 0.4) is 0 Å². The number of aryl methyl sites for hydroxylation is 1. The number of hydrogen-bond acceptors (Lipinski definition) is 2. The second-order valence-electron chi connectivity index (χ2n) is 6.05. The van der Waals surface area contributed by atoms with Crippen molar-refractivity contribution in [3.8, 4) is 0 Å². The lowest BCUT2D eigenvalue weighted by Crippen LogP contribution is -2.38. The zero-order valence-corrected chi connectivity index (χ0v) is 13.2. The summed E-state index contributed by atoms with van der Waals surface area (Å²) >= 11 is 0. The van der Waals surface area contributed by atoms with E-state index < -0.39 is 0 Å². The largest absolute Gasteiger partial charge is 0.311 e. The molecule has 1 unspecified atom stereocenters. The smallest absolute Gasteiger partial charge is 0.0217 e. The minimum Gasteiger partial charge on any atom is -0.311 e. The highest BCUT2D eigenvalue weighted by Crippen LogP contribution is 2.09. The van der Waals surface area contributed by atoms with Gasteiger partial charge in [-0.05, 0) is 44.0 Å². The molecule has 1 aromatic rings. The predicted molar refractivity (Wildman–Crippen MR) is 84.5 cm³/mol. The van der Waals surface area contributed by atoms with Crippen molar-refractivity contribution in [2.75, 3.05) is 20.6 Å². The van der Waals surface area contributed by atoms with Gasteiger partial charge in [0, 0.05) is 19.1 Å². The number of benzene rings is 1. The van der Waals surface area contributed by atoms with Crippen LogP contribution in [-0.4, -0.2) is 31.6 Å². The molecule has 1 N–H and O–H groups in total. The van der Waals surface area contributed by atoms with Gasteiger partial charge in [0.05, 0.1) is 0 Å². The molecule has 0 heterocycles.